The number of phenols is 1. The minimum atomic E-state index is 0.507. The van der Waals surface area contributed by atoms with Gasteiger partial charge in [-0.2, -0.15) is 0 Å². The van der Waals surface area contributed by atoms with Gasteiger partial charge < -0.3 is 9.84 Å². The number of ether oxygens (including phenoxy) is 1. The molecule has 2 aliphatic carbocycles. The molecule has 148 valence electrons. The Hall–Kier alpha value is -2.74. The van der Waals surface area contributed by atoms with Crippen molar-refractivity contribution < 1.29 is 9.84 Å². The number of rotatable bonds is 4. The van der Waals surface area contributed by atoms with E-state index in [1.165, 1.54) is 59.1 Å². The van der Waals surface area contributed by atoms with Crippen LogP contribution in [-0.4, -0.2) is 5.11 Å². The lowest BCUT2D eigenvalue weighted by molar-refractivity contribution is 0.301. The third-order valence-corrected chi connectivity index (χ3v) is 6.52. The van der Waals surface area contributed by atoms with Gasteiger partial charge in [0.05, 0.1) is 0 Å². The molecule has 0 unspecified atom stereocenters. The minimum Gasteiger partial charge on any atom is -0.507 e. The van der Waals surface area contributed by atoms with Crippen molar-refractivity contribution in [1.82, 2.24) is 0 Å². The molecule has 0 fully saturated rings. The molecule has 2 nitrogen and oxygen atoms in total. The van der Waals surface area contributed by atoms with Crippen molar-refractivity contribution in [1.29, 1.82) is 0 Å². The number of aromatic hydroxyl groups is 1. The van der Waals surface area contributed by atoms with E-state index in [4.69, 9.17) is 4.74 Å². The van der Waals surface area contributed by atoms with Crippen molar-refractivity contribution in [2.45, 2.75) is 58.0 Å². The molecular formula is C27H28O2. The second kappa shape index (κ2) is 7.94. The molecule has 0 atom stereocenters. The summed E-state index contributed by atoms with van der Waals surface area (Å²) in [7, 11) is 0. The third-order valence-electron chi connectivity index (χ3n) is 6.52. The first-order chi connectivity index (χ1) is 14.3. The molecule has 3 aromatic carbocycles. The van der Waals surface area contributed by atoms with Crippen LogP contribution < -0.4 is 4.74 Å². The van der Waals surface area contributed by atoms with E-state index < -0.39 is 0 Å². The number of phenolic OH excluding ortho intramolecular Hbond substituents is 1. The van der Waals surface area contributed by atoms with Crippen LogP contribution in [0.2, 0.25) is 0 Å². The van der Waals surface area contributed by atoms with E-state index >= 15 is 0 Å². The molecule has 29 heavy (non-hydrogen) atoms. The number of aryl methyl sites for hydroxylation is 1. The van der Waals surface area contributed by atoms with Gasteiger partial charge >= 0.3 is 0 Å². The summed E-state index contributed by atoms with van der Waals surface area (Å²) < 4.78 is 6.24. The van der Waals surface area contributed by atoms with Crippen LogP contribution in [0.1, 0.15) is 53.5 Å². The van der Waals surface area contributed by atoms with Gasteiger partial charge in [0.2, 0.25) is 0 Å². The maximum absolute atomic E-state index is 11.1. The van der Waals surface area contributed by atoms with Gasteiger partial charge in [0.1, 0.15) is 18.1 Å². The zero-order chi connectivity index (χ0) is 19.6. The van der Waals surface area contributed by atoms with Gasteiger partial charge in [-0.3, -0.25) is 0 Å². The molecule has 2 heteroatoms. The quantitative estimate of drug-likeness (QED) is 0.564. The van der Waals surface area contributed by atoms with Crippen LogP contribution in [0.15, 0.2) is 54.6 Å². The third kappa shape index (κ3) is 3.53. The van der Waals surface area contributed by atoms with E-state index in [-0.39, 0.29) is 0 Å². The van der Waals surface area contributed by atoms with Gasteiger partial charge in [-0.1, -0.05) is 48.5 Å². The second-order valence-electron chi connectivity index (χ2n) is 8.36. The Balaban J connectivity index is 1.52. The van der Waals surface area contributed by atoms with E-state index in [2.05, 4.69) is 48.5 Å². The zero-order valence-corrected chi connectivity index (χ0v) is 16.9. The summed E-state index contributed by atoms with van der Waals surface area (Å²) >= 11 is 0. The Morgan fingerprint density at radius 3 is 2.17 bits per heavy atom. The van der Waals surface area contributed by atoms with Crippen LogP contribution in [0.5, 0.6) is 11.5 Å². The molecule has 5 rings (SSSR count). The predicted molar refractivity (Wildman–Crippen MR) is 118 cm³/mol. The van der Waals surface area contributed by atoms with Crippen molar-refractivity contribution in [3.8, 4) is 22.6 Å². The summed E-state index contributed by atoms with van der Waals surface area (Å²) in [5, 5.41) is 11.1. The molecule has 0 amide bonds. The Morgan fingerprint density at radius 2 is 1.34 bits per heavy atom. The van der Waals surface area contributed by atoms with Crippen molar-refractivity contribution in [3.63, 3.8) is 0 Å². The van der Waals surface area contributed by atoms with Crippen LogP contribution in [0.4, 0.5) is 0 Å². The zero-order valence-electron chi connectivity index (χ0n) is 16.9. The minimum absolute atomic E-state index is 0.507. The van der Waals surface area contributed by atoms with Crippen molar-refractivity contribution in [2.24, 2.45) is 0 Å². The van der Waals surface area contributed by atoms with E-state index in [0.29, 0.717) is 12.4 Å². The van der Waals surface area contributed by atoms with Crippen LogP contribution in [0.25, 0.3) is 11.1 Å². The van der Waals surface area contributed by atoms with E-state index in [1.807, 2.05) is 6.07 Å². The van der Waals surface area contributed by atoms with Crippen LogP contribution in [0.3, 0.4) is 0 Å². The Bertz CT molecular complexity index is 1020. The number of hydrogen-bond donors (Lipinski definition) is 1. The maximum atomic E-state index is 11.1. The highest BCUT2D eigenvalue weighted by atomic mass is 16.5. The molecule has 0 spiro atoms. The standard InChI is InChI=1S/C27H28O2/c28-27-21-11-5-4-10-20(21)14-15-25(27)23-16-17-26(24-13-7-6-12-22(23)24)29-18-19-8-2-1-3-9-19/h1-3,8-9,14-17,28H,4-7,10-13,18H2. The van der Waals surface area contributed by atoms with Gasteiger partial charge in [-0.05, 0) is 90.8 Å². The highest BCUT2D eigenvalue weighted by Gasteiger charge is 2.23. The van der Waals surface area contributed by atoms with E-state index in [0.717, 1.165) is 37.0 Å². The molecule has 0 saturated heterocycles. The average Bonchev–Trinajstić information content (AvgIpc) is 2.79. The predicted octanol–water partition coefficient (Wildman–Crippen LogP) is 6.40. The fourth-order valence-electron chi connectivity index (χ4n) is 4.98. The SMILES string of the molecule is Oc1c(-c2ccc(OCc3ccccc3)c3c2CCCC3)ccc2c1CCCC2. The number of hydrogen-bond acceptors (Lipinski definition) is 2. The lowest BCUT2D eigenvalue weighted by atomic mass is 9.82. The summed E-state index contributed by atoms with van der Waals surface area (Å²) in [5.74, 6) is 1.51. The summed E-state index contributed by atoms with van der Waals surface area (Å²) in [6.45, 7) is 0.594. The summed E-state index contributed by atoms with van der Waals surface area (Å²) in [6, 6.07) is 19.0. The summed E-state index contributed by atoms with van der Waals surface area (Å²) in [5.41, 5.74) is 8.58. The van der Waals surface area contributed by atoms with E-state index in [9.17, 15) is 5.11 Å². The Kier molecular flexibility index (Phi) is 5.01. The van der Waals surface area contributed by atoms with Gasteiger partial charge in [0.25, 0.3) is 0 Å². The first-order valence-corrected chi connectivity index (χ1v) is 11.0. The molecule has 1 N–H and O–H groups in total. The molecule has 0 saturated carbocycles. The van der Waals surface area contributed by atoms with Crippen LogP contribution >= 0.6 is 0 Å². The van der Waals surface area contributed by atoms with Crippen molar-refractivity contribution in [2.75, 3.05) is 0 Å². The van der Waals surface area contributed by atoms with Crippen molar-refractivity contribution >= 4 is 0 Å². The lowest BCUT2D eigenvalue weighted by Gasteiger charge is -2.25. The van der Waals surface area contributed by atoms with Gasteiger partial charge in [-0.25, -0.2) is 0 Å². The fraction of sp³-hybridized carbons (Fsp3) is 0.333. The normalized spacial score (nSPS) is 15.4. The molecule has 0 heterocycles. The molecule has 2 aliphatic rings. The molecule has 0 radical (unpaired) electrons. The van der Waals surface area contributed by atoms with Gasteiger partial charge in [-0.15, -0.1) is 0 Å². The first-order valence-electron chi connectivity index (χ1n) is 11.0. The average molecular weight is 385 g/mol. The smallest absolute Gasteiger partial charge is 0.126 e. The first kappa shape index (κ1) is 18.3. The van der Waals surface area contributed by atoms with Gasteiger partial charge in [0.15, 0.2) is 0 Å². The molecule has 3 aromatic rings. The molecule has 0 aliphatic heterocycles. The molecular weight excluding hydrogens is 356 g/mol. The summed E-state index contributed by atoms with van der Waals surface area (Å²) in [6.07, 6.45) is 9.01. The molecule has 0 aromatic heterocycles. The van der Waals surface area contributed by atoms with Crippen molar-refractivity contribution in [3.05, 3.63) is 82.4 Å². The largest absolute Gasteiger partial charge is 0.507 e. The highest BCUT2D eigenvalue weighted by Crippen LogP contribution is 2.43. The second-order valence-corrected chi connectivity index (χ2v) is 8.36. The monoisotopic (exact) mass is 384 g/mol. The number of benzene rings is 3. The lowest BCUT2D eigenvalue weighted by Crippen LogP contribution is -2.09. The molecule has 0 bridgehead atoms. The van der Waals surface area contributed by atoms with Crippen LogP contribution in [-0.2, 0) is 32.3 Å². The van der Waals surface area contributed by atoms with Crippen LogP contribution in [0, 0.1) is 0 Å². The number of fused-ring (bicyclic) bond motifs is 2. The van der Waals surface area contributed by atoms with Gasteiger partial charge in [0, 0.05) is 5.56 Å². The maximum Gasteiger partial charge on any atom is 0.126 e. The summed E-state index contributed by atoms with van der Waals surface area (Å²) in [4.78, 5) is 0. The fourth-order valence-corrected chi connectivity index (χ4v) is 4.98. The topological polar surface area (TPSA) is 29.5 Å². The Morgan fingerprint density at radius 1 is 0.655 bits per heavy atom. The highest BCUT2D eigenvalue weighted by molar-refractivity contribution is 5.77. The Labute approximate surface area is 173 Å². The van der Waals surface area contributed by atoms with E-state index in [1.54, 1.807) is 0 Å².